The van der Waals surface area contributed by atoms with Crippen molar-refractivity contribution in [1.29, 1.82) is 0 Å². The average molecular weight is 280 g/mol. The van der Waals surface area contributed by atoms with E-state index in [0.29, 0.717) is 17.6 Å². The van der Waals surface area contributed by atoms with Gasteiger partial charge in [-0.25, -0.2) is 0 Å². The third kappa shape index (κ3) is 3.82. The maximum absolute atomic E-state index is 12.3. The van der Waals surface area contributed by atoms with Crippen molar-refractivity contribution < 1.29 is 4.79 Å². The van der Waals surface area contributed by atoms with E-state index < -0.39 is 0 Å². The zero-order valence-corrected chi connectivity index (χ0v) is 14.0. The van der Waals surface area contributed by atoms with Gasteiger partial charge in [0.1, 0.15) is 5.78 Å². The molecular weight excluding hydrogens is 248 g/mol. The van der Waals surface area contributed by atoms with Crippen molar-refractivity contribution in [3.8, 4) is 0 Å². The zero-order chi connectivity index (χ0) is 14.9. The highest BCUT2D eigenvalue weighted by atomic mass is 16.1. The minimum Gasteiger partial charge on any atom is -0.300 e. The molecule has 0 aromatic heterocycles. The molecule has 0 amide bonds. The van der Waals surface area contributed by atoms with Crippen LogP contribution in [0.25, 0.3) is 0 Å². The number of nitrogens with zero attached hydrogens (tertiary/aromatic N) is 2. The van der Waals surface area contributed by atoms with Crippen LogP contribution in [0.4, 0.5) is 0 Å². The summed E-state index contributed by atoms with van der Waals surface area (Å²) in [5.41, 5.74) is 0.273. The molecule has 0 N–H and O–H groups in total. The first-order valence-corrected chi connectivity index (χ1v) is 8.27. The predicted octanol–water partition coefficient (Wildman–Crippen LogP) is 2.65. The second kappa shape index (κ2) is 6.15. The van der Waals surface area contributed by atoms with Gasteiger partial charge < -0.3 is 4.90 Å². The maximum atomic E-state index is 12.3. The van der Waals surface area contributed by atoms with Gasteiger partial charge in [0.2, 0.25) is 0 Å². The minimum atomic E-state index is 0.273. The van der Waals surface area contributed by atoms with Crippen LogP contribution in [-0.2, 0) is 4.79 Å². The lowest BCUT2D eigenvalue weighted by Crippen LogP contribution is -2.55. The second-order valence-electron chi connectivity index (χ2n) is 8.05. The molecule has 1 heterocycles. The van der Waals surface area contributed by atoms with Gasteiger partial charge in [0, 0.05) is 50.6 Å². The molecule has 20 heavy (non-hydrogen) atoms. The lowest BCUT2D eigenvalue weighted by atomic mass is 9.74. The first kappa shape index (κ1) is 16.0. The zero-order valence-electron chi connectivity index (χ0n) is 14.0. The van der Waals surface area contributed by atoms with Crippen molar-refractivity contribution >= 4 is 5.78 Å². The second-order valence-corrected chi connectivity index (χ2v) is 8.05. The van der Waals surface area contributed by atoms with Crippen LogP contribution >= 0.6 is 0 Å². The molecular formula is C17H32N2O. The van der Waals surface area contributed by atoms with Crippen LogP contribution in [0.2, 0.25) is 0 Å². The van der Waals surface area contributed by atoms with Crippen molar-refractivity contribution in [2.45, 2.75) is 53.0 Å². The number of rotatable bonds is 2. The first-order chi connectivity index (χ1) is 9.27. The predicted molar refractivity (Wildman–Crippen MR) is 83.8 cm³/mol. The highest BCUT2D eigenvalue weighted by Crippen LogP contribution is 2.31. The minimum absolute atomic E-state index is 0.273. The van der Waals surface area contributed by atoms with E-state index in [1.807, 2.05) is 0 Å². The Balaban J connectivity index is 1.85. The molecule has 1 aliphatic carbocycles. The molecule has 1 saturated carbocycles. The van der Waals surface area contributed by atoms with Gasteiger partial charge in [0.15, 0.2) is 0 Å². The number of Topliss-reactive ketones (excluding diaryl/α,β-unsaturated/α-hetero) is 1. The summed E-state index contributed by atoms with van der Waals surface area (Å²) in [7, 11) is 0. The van der Waals surface area contributed by atoms with Crippen molar-refractivity contribution in [2.24, 2.45) is 17.8 Å². The molecule has 3 unspecified atom stereocenters. The molecule has 3 atom stereocenters. The summed E-state index contributed by atoms with van der Waals surface area (Å²) in [5.74, 6) is 1.94. The molecule has 2 fully saturated rings. The summed E-state index contributed by atoms with van der Waals surface area (Å²) in [6.45, 7) is 16.8. The maximum Gasteiger partial charge on any atom is 0.137 e. The molecule has 2 aliphatic rings. The van der Waals surface area contributed by atoms with Gasteiger partial charge in [-0.2, -0.15) is 0 Å². The van der Waals surface area contributed by atoms with Gasteiger partial charge in [-0.1, -0.05) is 13.8 Å². The Hall–Kier alpha value is -0.410. The Bertz CT molecular complexity index is 339. The van der Waals surface area contributed by atoms with E-state index >= 15 is 0 Å². The highest BCUT2D eigenvalue weighted by molar-refractivity contribution is 5.82. The van der Waals surface area contributed by atoms with Gasteiger partial charge in [0.05, 0.1) is 0 Å². The molecule has 0 bridgehead atoms. The first-order valence-electron chi connectivity index (χ1n) is 8.27. The van der Waals surface area contributed by atoms with E-state index in [1.54, 1.807) is 0 Å². The fourth-order valence-electron chi connectivity index (χ4n) is 3.86. The average Bonchev–Trinajstić information content (AvgIpc) is 2.33. The van der Waals surface area contributed by atoms with Crippen LogP contribution in [0.15, 0.2) is 0 Å². The van der Waals surface area contributed by atoms with Gasteiger partial charge in [-0.15, -0.1) is 0 Å². The molecule has 2 rings (SSSR count). The van der Waals surface area contributed by atoms with Crippen molar-refractivity contribution in [3.05, 3.63) is 0 Å². The molecule has 0 aromatic rings. The summed E-state index contributed by atoms with van der Waals surface area (Å²) >= 11 is 0. The van der Waals surface area contributed by atoms with Crippen LogP contribution in [0.3, 0.4) is 0 Å². The quantitative estimate of drug-likeness (QED) is 0.777. The van der Waals surface area contributed by atoms with Crippen LogP contribution in [-0.4, -0.2) is 53.8 Å². The van der Waals surface area contributed by atoms with Crippen molar-refractivity contribution in [2.75, 3.05) is 32.7 Å². The summed E-state index contributed by atoms with van der Waals surface area (Å²) < 4.78 is 0. The Morgan fingerprint density at radius 1 is 1.10 bits per heavy atom. The van der Waals surface area contributed by atoms with E-state index in [9.17, 15) is 4.79 Å². The van der Waals surface area contributed by atoms with E-state index in [2.05, 4.69) is 44.4 Å². The number of ketones is 1. The van der Waals surface area contributed by atoms with Gasteiger partial charge in [-0.05, 0) is 39.0 Å². The largest absolute Gasteiger partial charge is 0.300 e. The van der Waals surface area contributed by atoms with Gasteiger partial charge in [0.25, 0.3) is 0 Å². The number of hydrogen-bond acceptors (Lipinski definition) is 3. The number of carbonyl (C=O) groups is 1. The SMILES string of the molecule is CC1CC(=O)C(CN2CCN(C(C)(C)C)CC2)C(C)C1. The number of hydrogen-bond donors (Lipinski definition) is 0. The molecule has 0 radical (unpaired) electrons. The van der Waals surface area contributed by atoms with E-state index in [1.165, 1.54) is 6.42 Å². The summed E-state index contributed by atoms with van der Waals surface area (Å²) in [6.07, 6.45) is 2.02. The normalized spacial score (nSPS) is 34.5. The summed E-state index contributed by atoms with van der Waals surface area (Å²) in [5, 5.41) is 0. The Labute approximate surface area is 124 Å². The lowest BCUT2D eigenvalue weighted by Gasteiger charge is -2.44. The molecule has 3 nitrogen and oxygen atoms in total. The standard InChI is InChI=1S/C17H32N2O/c1-13-10-14(2)15(16(20)11-13)12-18-6-8-19(9-7-18)17(3,4)5/h13-15H,6-12H2,1-5H3. The van der Waals surface area contributed by atoms with Crippen LogP contribution < -0.4 is 0 Å². The van der Waals surface area contributed by atoms with Crippen molar-refractivity contribution in [1.82, 2.24) is 9.80 Å². The highest BCUT2D eigenvalue weighted by Gasteiger charge is 2.34. The Morgan fingerprint density at radius 2 is 1.70 bits per heavy atom. The summed E-state index contributed by atoms with van der Waals surface area (Å²) in [6, 6.07) is 0. The Kier molecular flexibility index (Phi) is 4.91. The van der Waals surface area contributed by atoms with E-state index in [0.717, 1.165) is 39.1 Å². The molecule has 0 spiro atoms. The van der Waals surface area contributed by atoms with E-state index in [4.69, 9.17) is 0 Å². The number of piperazine rings is 1. The van der Waals surface area contributed by atoms with Crippen molar-refractivity contribution in [3.63, 3.8) is 0 Å². The van der Waals surface area contributed by atoms with E-state index in [-0.39, 0.29) is 11.5 Å². The summed E-state index contributed by atoms with van der Waals surface area (Å²) in [4.78, 5) is 17.3. The Morgan fingerprint density at radius 3 is 2.20 bits per heavy atom. The number of carbonyl (C=O) groups excluding carboxylic acids is 1. The third-order valence-corrected chi connectivity index (χ3v) is 5.20. The molecule has 116 valence electrons. The molecule has 1 saturated heterocycles. The fraction of sp³-hybridized carbons (Fsp3) is 0.941. The van der Waals surface area contributed by atoms with Crippen LogP contribution in [0.5, 0.6) is 0 Å². The topological polar surface area (TPSA) is 23.6 Å². The van der Waals surface area contributed by atoms with Crippen LogP contribution in [0.1, 0.15) is 47.5 Å². The van der Waals surface area contributed by atoms with Gasteiger partial charge in [-0.3, -0.25) is 9.69 Å². The van der Waals surface area contributed by atoms with Gasteiger partial charge >= 0.3 is 0 Å². The molecule has 0 aromatic carbocycles. The molecule has 3 heteroatoms. The lowest BCUT2D eigenvalue weighted by molar-refractivity contribution is -0.129. The van der Waals surface area contributed by atoms with Crippen LogP contribution in [0, 0.1) is 17.8 Å². The smallest absolute Gasteiger partial charge is 0.137 e. The fourth-order valence-corrected chi connectivity index (χ4v) is 3.86. The third-order valence-electron chi connectivity index (χ3n) is 5.20. The monoisotopic (exact) mass is 280 g/mol. The molecule has 1 aliphatic heterocycles.